The molecule has 0 spiro atoms. The number of rotatable bonds is 4. The van der Waals surface area contributed by atoms with Crippen LogP contribution in [0.4, 0.5) is 26.3 Å². The molecule has 1 heterocycles. The summed E-state index contributed by atoms with van der Waals surface area (Å²) in [5.41, 5.74) is -3.80. The number of hydrogen-bond acceptors (Lipinski definition) is 2. The quantitative estimate of drug-likeness (QED) is 0.807. The van der Waals surface area contributed by atoms with Crippen molar-refractivity contribution < 1.29 is 31.1 Å². The van der Waals surface area contributed by atoms with Crippen molar-refractivity contribution in [2.24, 2.45) is 11.3 Å². The topological polar surface area (TPSA) is 32.3 Å². The lowest BCUT2D eigenvalue weighted by atomic mass is 9.85. The van der Waals surface area contributed by atoms with Gasteiger partial charge in [0.2, 0.25) is 5.91 Å². The van der Waals surface area contributed by atoms with Crippen LogP contribution in [0.3, 0.4) is 0 Å². The van der Waals surface area contributed by atoms with Crippen molar-refractivity contribution in [3.8, 4) is 0 Å². The zero-order valence-electron chi connectivity index (χ0n) is 11.2. The van der Waals surface area contributed by atoms with E-state index in [4.69, 9.17) is 0 Å². The van der Waals surface area contributed by atoms with E-state index in [1.807, 2.05) is 0 Å². The van der Waals surface area contributed by atoms with Crippen LogP contribution in [-0.4, -0.2) is 49.3 Å². The van der Waals surface area contributed by atoms with Crippen LogP contribution in [0.2, 0.25) is 0 Å². The fraction of sp³-hybridized carbons (Fsp3) is 0.917. The van der Waals surface area contributed by atoms with Gasteiger partial charge >= 0.3 is 12.4 Å². The molecule has 122 valence electrons. The monoisotopic (exact) mass is 318 g/mol. The number of halogens is 6. The van der Waals surface area contributed by atoms with Gasteiger partial charge in [-0.3, -0.25) is 4.79 Å². The minimum Gasteiger partial charge on any atom is -0.340 e. The minimum atomic E-state index is -5.41. The first-order valence-electron chi connectivity index (χ1n) is 6.69. The maximum atomic E-state index is 12.8. The van der Waals surface area contributed by atoms with Crippen LogP contribution in [0, 0.1) is 11.3 Å². The fourth-order valence-corrected chi connectivity index (χ4v) is 2.46. The predicted molar refractivity (Wildman–Crippen MR) is 61.3 cm³/mol. The molecule has 2 fully saturated rings. The largest absolute Gasteiger partial charge is 0.404 e. The molecule has 2 rings (SSSR count). The summed E-state index contributed by atoms with van der Waals surface area (Å²) in [5.74, 6) is -0.244. The standard InChI is InChI=1S/C12H16F6N2O/c13-11(14,15)10(12(16,17)18)3-4-20(7-10)9(21)6-19-5-8-1-2-8/h8,19H,1-7H2. The van der Waals surface area contributed by atoms with Gasteiger partial charge in [0.05, 0.1) is 6.54 Å². The summed E-state index contributed by atoms with van der Waals surface area (Å²) in [7, 11) is 0. The third-order valence-corrected chi connectivity index (χ3v) is 4.11. The van der Waals surface area contributed by atoms with Gasteiger partial charge in [0.15, 0.2) is 5.41 Å². The Balaban J connectivity index is 1.97. The first kappa shape index (κ1) is 16.4. The fourth-order valence-electron chi connectivity index (χ4n) is 2.46. The molecule has 1 N–H and O–H groups in total. The zero-order valence-corrected chi connectivity index (χ0v) is 11.2. The summed E-state index contributed by atoms with van der Waals surface area (Å²) in [6.07, 6.45) is -9.88. The molecular formula is C12H16F6N2O. The van der Waals surface area contributed by atoms with Crippen molar-refractivity contribution in [2.45, 2.75) is 31.6 Å². The highest BCUT2D eigenvalue weighted by Crippen LogP contribution is 2.55. The maximum Gasteiger partial charge on any atom is 0.404 e. The molecule has 0 bridgehead atoms. The van der Waals surface area contributed by atoms with Crippen molar-refractivity contribution in [1.29, 1.82) is 0 Å². The second-order valence-corrected chi connectivity index (χ2v) is 5.72. The molecule has 9 heteroatoms. The second kappa shape index (κ2) is 5.33. The molecule has 1 amide bonds. The Morgan fingerprint density at radius 3 is 2.14 bits per heavy atom. The SMILES string of the molecule is O=C(CNCC1CC1)N1CCC(C(F)(F)F)(C(F)(F)F)C1. The minimum absolute atomic E-state index is 0.220. The second-order valence-electron chi connectivity index (χ2n) is 5.72. The van der Waals surface area contributed by atoms with Gasteiger partial charge in [0.25, 0.3) is 0 Å². The van der Waals surface area contributed by atoms with Crippen molar-refractivity contribution in [3.63, 3.8) is 0 Å². The van der Waals surface area contributed by atoms with E-state index in [1.165, 1.54) is 0 Å². The molecule has 2 aliphatic rings. The number of carbonyl (C=O) groups is 1. The molecule has 0 atom stereocenters. The average molecular weight is 318 g/mol. The summed E-state index contributed by atoms with van der Waals surface area (Å²) in [6.45, 7) is -1.52. The maximum absolute atomic E-state index is 12.8. The number of likely N-dealkylation sites (tertiary alicyclic amines) is 1. The zero-order chi connectivity index (χ0) is 15.9. The average Bonchev–Trinajstić information content (AvgIpc) is 3.01. The summed E-state index contributed by atoms with van der Waals surface area (Å²) in [4.78, 5) is 12.4. The Morgan fingerprint density at radius 2 is 1.71 bits per heavy atom. The van der Waals surface area contributed by atoms with Gasteiger partial charge in [-0.2, -0.15) is 26.3 Å². The lowest BCUT2D eigenvalue weighted by Crippen LogP contribution is -2.52. The van der Waals surface area contributed by atoms with Crippen LogP contribution in [-0.2, 0) is 4.79 Å². The molecule has 0 aromatic rings. The highest BCUT2D eigenvalue weighted by Gasteiger charge is 2.72. The summed E-state index contributed by atoms with van der Waals surface area (Å²) in [5, 5.41) is 2.78. The van der Waals surface area contributed by atoms with Crippen LogP contribution in [0.5, 0.6) is 0 Å². The molecule has 1 saturated heterocycles. The van der Waals surface area contributed by atoms with Gasteiger partial charge in [-0.05, 0) is 31.7 Å². The third kappa shape index (κ3) is 3.27. The van der Waals surface area contributed by atoms with Gasteiger partial charge < -0.3 is 10.2 Å². The highest BCUT2D eigenvalue weighted by atomic mass is 19.4. The molecule has 0 aromatic carbocycles. The molecule has 0 radical (unpaired) electrons. The van der Waals surface area contributed by atoms with Gasteiger partial charge in [0, 0.05) is 13.1 Å². The van der Waals surface area contributed by atoms with E-state index in [0.29, 0.717) is 17.4 Å². The normalized spacial score (nSPS) is 22.7. The van der Waals surface area contributed by atoms with Gasteiger partial charge in [-0.15, -0.1) is 0 Å². The van der Waals surface area contributed by atoms with Crippen LogP contribution >= 0.6 is 0 Å². The molecule has 0 unspecified atom stereocenters. The predicted octanol–water partition coefficient (Wildman–Crippen LogP) is 2.33. The van der Waals surface area contributed by atoms with E-state index >= 15 is 0 Å². The molecule has 1 aliphatic heterocycles. The van der Waals surface area contributed by atoms with Crippen LogP contribution < -0.4 is 5.32 Å². The van der Waals surface area contributed by atoms with Crippen LogP contribution in [0.25, 0.3) is 0 Å². The first-order chi connectivity index (χ1) is 9.57. The van der Waals surface area contributed by atoms with E-state index in [-0.39, 0.29) is 6.54 Å². The number of carbonyl (C=O) groups excluding carboxylic acids is 1. The van der Waals surface area contributed by atoms with E-state index < -0.39 is 43.2 Å². The van der Waals surface area contributed by atoms with Crippen molar-refractivity contribution in [1.82, 2.24) is 10.2 Å². The van der Waals surface area contributed by atoms with Crippen LogP contribution in [0.1, 0.15) is 19.3 Å². The van der Waals surface area contributed by atoms with E-state index in [2.05, 4.69) is 5.32 Å². The number of amides is 1. The number of nitrogens with one attached hydrogen (secondary N) is 1. The summed E-state index contributed by atoms with van der Waals surface area (Å²) >= 11 is 0. The Bertz CT molecular complexity index is 388. The number of nitrogens with zero attached hydrogens (tertiary/aromatic N) is 1. The van der Waals surface area contributed by atoms with Gasteiger partial charge in [-0.25, -0.2) is 0 Å². The Hall–Kier alpha value is -0.990. The molecule has 21 heavy (non-hydrogen) atoms. The van der Waals surface area contributed by atoms with Gasteiger partial charge in [-0.1, -0.05) is 0 Å². The third-order valence-electron chi connectivity index (χ3n) is 4.11. The lowest BCUT2D eigenvalue weighted by molar-refractivity contribution is -0.334. The Morgan fingerprint density at radius 1 is 1.14 bits per heavy atom. The van der Waals surface area contributed by atoms with E-state index in [9.17, 15) is 31.1 Å². The molecular weight excluding hydrogens is 302 g/mol. The summed E-state index contributed by atoms with van der Waals surface area (Å²) in [6, 6.07) is 0. The van der Waals surface area contributed by atoms with Crippen molar-refractivity contribution in [2.75, 3.05) is 26.2 Å². The van der Waals surface area contributed by atoms with Crippen LogP contribution in [0.15, 0.2) is 0 Å². The highest BCUT2D eigenvalue weighted by molar-refractivity contribution is 5.78. The Labute approximate surface area is 117 Å². The molecule has 1 saturated carbocycles. The van der Waals surface area contributed by atoms with Gasteiger partial charge in [0.1, 0.15) is 0 Å². The van der Waals surface area contributed by atoms with E-state index in [0.717, 1.165) is 12.8 Å². The summed E-state index contributed by atoms with van der Waals surface area (Å²) < 4.78 is 77.0. The first-order valence-corrected chi connectivity index (χ1v) is 6.69. The van der Waals surface area contributed by atoms with Crippen molar-refractivity contribution in [3.05, 3.63) is 0 Å². The Kier molecular flexibility index (Phi) is 4.16. The van der Waals surface area contributed by atoms with E-state index in [1.54, 1.807) is 0 Å². The lowest BCUT2D eigenvalue weighted by Gasteiger charge is -2.33. The smallest absolute Gasteiger partial charge is 0.340 e. The molecule has 1 aliphatic carbocycles. The number of hydrogen-bond donors (Lipinski definition) is 1. The number of alkyl halides is 6. The van der Waals surface area contributed by atoms with Crippen molar-refractivity contribution >= 4 is 5.91 Å². The molecule has 3 nitrogen and oxygen atoms in total. The molecule has 0 aromatic heterocycles.